The maximum absolute atomic E-state index is 10.7. The molecule has 11 heavy (non-hydrogen) atoms. The maximum Gasteiger partial charge on any atom is 0.131 e. The van der Waals surface area contributed by atoms with Crippen molar-refractivity contribution in [2.75, 3.05) is 0 Å². The lowest BCUT2D eigenvalue weighted by Crippen LogP contribution is -2.01. The highest BCUT2D eigenvalue weighted by Gasteiger charge is 2.22. The quantitative estimate of drug-likeness (QED) is 0.525. The topological polar surface area (TPSA) is 17.1 Å². The van der Waals surface area contributed by atoms with Gasteiger partial charge in [0.05, 0.1) is 5.92 Å². The van der Waals surface area contributed by atoms with Crippen LogP contribution in [-0.4, -0.2) is 6.29 Å². The van der Waals surface area contributed by atoms with Crippen molar-refractivity contribution in [2.24, 2.45) is 5.92 Å². The van der Waals surface area contributed by atoms with E-state index in [0.29, 0.717) is 0 Å². The van der Waals surface area contributed by atoms with Gasteiger partial charge in [0.15, 0.2) is 0 Å². The number of carbonyl (C=O) groups is 1. The molecule has 0 aromatic rings. The molecule has 0 fully saturated rings. The predicted octanol–water partition coefficient (Wildman–Crippen LogP) is 2.49. The van der Waals surface area contributed by atoms with Gasteiger partial charge in [-0.3, -0.25) is 0 Å². The Morgan fingerprint density at radius 1 is 1.00 bits per heavy atom. The minimum absolute atomic E-state index is 0.0648. The first-order valence-corrected chi connectivity index (χ1v) is 3.90. The second kappa shape index (κ2) is 2.65. The van der Waals surface area contributed by atoms with Crippen LogP contribution < -0.4 is 0 Å². The van der Waals surface area contributed by atoms with E-state index in [9.17, 15) is 4.79 Å². The second-order valence-corrected chi connectivity index (χ2v) is 3.23. The van der Waals surface area contributed by atoms with Crippen molar-refractivity contribution in [3.8, 4) is 0 Å². The highest BCUT2D eigenvalue weighted by molar-refractivity contribution is 5.69. The summed E-state index contributed by atoms with van der Waals surface area (Å²) in [6.45, 7) is 8.23. The zero-order valence-electron chi connectivity index (χ0n) is 7.56. The average molecular weight is 150 g/mol. The third-order valence-corrected chi connectivity index (χ3v) is 2.81. The summed E-state index contributed by atoms with van der Waals surface area (Å²) in [6, 6.07) is 0. The summed E-state index contributed by atoms with van der Waals surface area (Å²) in [7, 11) is 0. The lowest BCUT2D eigenvalue weighted by Gasteiger charge is -2.04. The molecule has 0 saturated carbocycles. The molecule has 1 nitrogen and oxygen atoms in total. The van der Waals surface area contributed by atoms with Crippen LogP contribution in [0.4, 0.5) is 0 Å². The van der Waals surface area contributed by atoms with E-state index in [0.717, 1.165) is 6.29 Å². The van der Waals surface area contributed by atoms with Crippen LogP contribution in [-0.2, 0) is 4.79 Å². The molecule has 1 aliphatic rings. The maximum atomic E-state index is 10.7. The second-order valence-electron chi connectivity index (χ2n) is 3.23. The molecule has 0 heterocycles. The Morgan fingerprint density at radius 2 is 1.36 bits per heavy atom. The Hall–Kier alpha value is -0.850. The molecule has 0 aromatic carbocycles. The average Bonchev–Trinajstić information content (AvgIpc) is 2.17. The zero-order valence-corrected chi connectivity index (χ0v) is 7.56. The van der Waals surface area contributed by atoms with E-state index >= 15 is 0 Å². The number of allylic oxidation sites excluding steroid dienone is 4. The van der Waals surface area contributed by atoms with Gasteiger partial charge >= 0.3 is 0 Å². The van der Waals surface area contributed by atoms with Crippen LogP contribution >= 0.6 is 0 Å². The van der Waals surface area contributed by atoms with E-state index in [2.05, 4.69) is 13.8 Å². The van der Waals surface area contributed by atoms with Crippen LogP contribution in [0.25, 0.3) is 0 Å². The molecule has 0 aromatic heterocycles. The fourth-order valence-corrected chi connectivity index (χ4v) is 1.59. The first-order chi connectivity index (χ1) is 5.09. The normalized spacial score (nSPS) is 20.0. The van der Waals surface area contributed by atoms with Crippen LogP contribution in [0.3, 0.4) is 0 Å². The van der Waals surface area contributed by atoms with Crippen LogP contribution in [0, 0.1) is 5.92 Å². The molecule has 0 aliphatic heterocycles. The van der Waals surface area contributed by atoms with Gasteiger partial charge in [0.2, 0.25) is 0 Å². The molecule has 1 rings (SSSR count). The Balaban J connectivity index is 3.14. The Kier molecular flexibility index (Phi) is 1.99. The van der Waals surface area contributed by atoms with E-state index in [1.165, 1.54) is 22.3 Å². The smallest absolute Gasteiger partial charge is 0.131 e. The van der Waals surface area contributed by atoms with Crippen LogP contribution in [0.2, 0.25) is 0 Å². The lowest BCUT2D eigenvalue weighted by atomic mass is 9.99. The zero-order chi connectivity index (χ0) is 8.59. The van der Waals surface area contributed by atoms with Gasteiger partial charge in [0, 0.05) is 0 Å². The molecule has 0 N–H and O–H groups in total. The lowest BCUT2D eigenvalue weighted by molar-refractivity contribution is -0.109. The van der Waals surface area contributed by atoms with Crippen molar-refractivity contribution in [3.63, 3.8) is 0 Å². The van der Waals surface area contributed by atoms with Crippen molar-refractivity contribution >= 4 is 6.29 Å². The van der Waals surface area contributed by atoms with Crippen LogP contribution in [0.1, 0.15) is 27.7 Å². The number of hydrogen-bond acceptors (Lipinski definition) is 1. The fraction of sp³-hybridized carbons (Fsp3) is 0.500. The van der Waals surface area contributed by atoms with Gasteiger partial charge in [-0.05, 0) is 38.8 Å². The van der Waals surface area contributed by atoms with Crippen molar-refractivity contribution in [2.45, 2.75) is 27.7 Å². The first-order valence-electron chi connectivity index (χ1n) is 3.90. The minimum atomic E-state index is 0.0648. The molecular weight excluding hydrogens is 136 g/mol. The number of carbonyl (C=O) groups excluding carboxylic acids is 1. The van der Waals surface area contributed by atoms with Crippen molar-refractivity contribution in [1.82, 2.24) is 0 Å². The third-order valence-electron chi connectivity index (χ3n) is 2.81. The molecule has 1 heteroatoms. The molecule has 0 amide bonds. The molecule has 0 atom stereocenters. The molecule has 0 saturated heterocycles. The van der Waals surface area contributed by atoms with Gasteiger partial charge in [0.1, 0.15) is 6.29 Å². The van der Waals surface area contributed by atoms with E-state index < -0.39 is 0 Å². The summed E-state index contributed by atoms with van der Waals surface area (Å²) < 4.78 is 0. The number of aldehydes is 1. The van der Waals surface area contributed by atoms with Gasteiger partial charge in [-0.1, -0.05) is 11.1 Å². The highest BCUT2D eigenvalue weighted by Crippen LogP contribution is 2.34. The molecular formula is C10H14O. The Labute approximate surface area is 67.8 Å². The van der Waals surface area contributed by atoms with Crippen LogP contribution in [0.5, 0.6) is 0 Å². The van der Waals surface area contributed by atoms with Gasteiger partial charge in [-0.2, -0.15) is 0 Å². The van der Waals surface area contributed by atoms with Crippen molar-refractivity contribution in [1.29, 1.82) is 0 Å². The van der Waals surface area contributed by atoms with E-state index in [4.69, 9.17) is 0 Å². The molecule has 0 unspecified atom stereocenters. The molecule has 0 radical (unpaired) electrons. The molecule has 0 spiro atoms. The predicted molar refractivity (Wildman–Crippen MR) is 46.3 cm³/mol. The first kappa shape index (κ1) is 8.25. The van der Waals surface area contributed by atoms with Gasteiger partial charge in [0.25, 0.3) is 0 Å². The molecule has 1 aliphatic carbocycles. The number of rotatable bonds is 1. The summed E-state index contributed by atoms with van der Waals surface area (Å²) in [5.41, 5.74) is 5.02. The largest absolute Gasteiger partial charge is 0.302 e. The SMILES string of the molecule is CC1=C(C)C(C=O)C(C)=C1C. The van der Waals surface area contributed by atoms with Crippen molar-refractivity contribution in [3.05, 3.63) is 22.3 Å². The summed E-state index contributed by atoms with van der Waals surface area (Å²) >= 11 is 0. The third kappa shape index (κ3) is 1.05. The monoisotopic (exact) mass is 150 g/mol. The summed E-state index contributed by atoms with van der Waals surface area (Å²) in [6.07, 6.45) is 1.03. The number of hydrogen-bond donors (Lipinski definition) is 0. The van der Waals surface area contributed by atoms with E-state index in [-0.39, 0.29) is 5.92 Å². The summed E-state index contributed by atoms with van der Waals surface area (Å²) in [4.78, 5) is 10.7. The van der Waals surface area contributed by atoms with Gasteiger partial charge < -0.3 is 4.79 Å². The molecule has 60 valence electrons. The summed E-state index contributed by atoms with van der Waals surface area (Å²) in [5, 5.41) is 0. The van der Waals surface area contributed by atoms with Crippen LogP contribution in [0.15, 0.2) is 22.3 Å². The highest BCUT2D eigenvalue weighted by atomic mass is 16.1. The van der Waals surface area contributed by atoms with Gasteiger partial charge in [-0.15, -0.1) is 0 Å². The Bertz CT molecular complexity index is 232. The van der Waals surface area contributed by atoms with E-state index in [1.54, 1.807) is 0 Å². The fourth-order valence-electron chi connectivity index (χ4n) is 1.59. The Morgan fingerprint density at radius 3 is 1.55 bits per heavy atom. The van der Waals surface area contributed by atoms with Gasteiger partial charge in [-0.25, -0.2) is 0 Å². The summed E-state index contributed by atoms with van der Waals surface area (Å²) in [5.74, 6) is 0.0648. The standard InChI is InChI=1S/C10H14O/c1-6-7(2)9(4)10(5-11)8(6)3/h5,10H,1-4H3. The van der Waals surface area contributed by atoms with E-state index in [1.807, 2.05) is 13.8 Å². The molecule has 0 bridgehead atoms. The van der Waals surface area contributed by atoms with Crippen molar-refractivity contribution < 1.29 is 4.79 Å². The minimum Gasteiger partial charge on any atom is -0.302 e.